The van der Waals surface area contributed by atoms with Crippen LogP contribution in [0.5, 0.6) is 0 Å². The Hall–Kier alpha value is -2.12. The molecule has 0 saturated carbocycles. The SMILES string of the molecule is NNC(=O)c1ccc(N(CCO)C(=O)[C@H](O)[C@@H](O)[C@H](O)[C@H](O)CO)cc1. The highest BCUT2D eigenvalue weighted by Gasteiger charge is 2.36. The van der Waals surface area contributed by atoms with Crippen LogP contribution in [0.4, 0.5) is 5.69 Å². The molecule has 0 aliphatic carbocycles. The zero-order valence-corrected chi connectivity index (χ0v) is 13.8. The standard InChI is InChI=1S/C15H23N3O8/c16-17-14(25)8-1-3-9(4-2-8)18(5-6-19)15(26)13(24)12(23)11(22)10(21)7-20/h1-4,10-13,19-24H,5-7,16H2,(H,17,25)/t10-,11-,12+,13-/m1/s1. The Morgan fingerprint density at radius 3 is 2.08 bits per heavy atom. The first-order valence-corrected chi connectivity index (χ1v) is 7.64. The van der Waals surface area contributed by atoms with E-state index < -0.39 is 49.4 Å². The van der Waals surface area contributed by atoms with Crippen LogP contribution in [0, 0.1) is 0 Å². The molecule has 0 aliphatic rings. The molecule has 0 saturated heterocycles. The molecule has 0 aromatic heterocycles. The normalized spacial score (nSPS) is 15.7. The van der Waals surface area contributed by atoms with Gasteiger partial charge in [-0.25, -0.2) is 5.84 Å². The van der Waals surface area contributed by atoms with E-state index in [4.69, 9.17) is 16.1 Å². The van der Waals surface area contributed by atoms with Crippen LogP contribution in [0.25, 0.3) is 0 Å². The van der Waals surface area contributed by atoms with Gasteiger partial charge in [0.1, 0.15) is 18.3 Å². The van der Waals surface area contributed by atoms with E-state index in [0.29, 0.717) is 0 Å². The van der Waals surface area contributed by atoms with Crippen molar-refractivity contribution in [2.75, 3.05) is 24.7 Å². The number of hydrogen-bond acceptors (Lipinski definition) is 9. The van der Waals surface area contributed by atoms with Crippen molar-refractivity contribution in [2.24, 2.45) is 5.84 Å². The number of nitrogen functional groups attached to an aromatic ring is 1. The maximum Gasteiger partial charge on any atom is 0.265 e. The molecule has 1 aromatic carbocycles. The van der Waals surface area contributed by atoms with Crippen molar-refractivity contribution >= 4 is 17.5 Å². The van der Waals surface area contributed by atoms with E-state index in [1.807, 2.05) is 5.43 Å². The molecule has 146 valence electrons. The van der Waals surface area contributed by atoms with Crippen molar-refractivity contribution in [1.82, 2.24) is 5.43 Å². The van der Waals surface area contributed by atoms with Gasteiger partial charge in [-0.1, -0.05) is 0 Å². The summed E-state index contributed by atoms with van der Waals surface area (Å²) in [5.74, 6) is 3.39. The van der Waals surface area contributed by atoms with Gasteiger partial charge in [-0.15, -0.1) is 0 Å². The number of aliphatic hydroxyl groups excluding tert-OH is 6. The summed E-state index contributed by atoms with van der Waals surface area (Å²) in [6.45, 7) is -1.60. The van der Waals surface area contributed by atoms with Crippen LogP contribution >= 0.6 is 0 Å². The summed E-state index contributed by atoms with van der Waals surface area (Å²) in [6, 6.07) is 5.41. The Balaban J connectivity index is 3.01. The lowest BCUT2D eigenvalue weighted by Crippen LogP contribution is -2.53. The van der Waals surface area contributed by atoms with Crippen LogP contribution in [0.15, 0.2) is 24.3 Å². The molecule has 0 aliphatic heterocycles. The third kappa shape index (κ3) is 5.19. The number of hydrogen-bond donors (Lipinski definition) is 8. The molecule has 4 atom stereocenters. The lowest BCUT2D eigenvalue weighted by atomic mass is 10.0. The summed E-state index contributed by atoms with van der Waals surface area (Å²) in [7, 11) is 0. The van der Waals surface area contributed by atoms with Crippen molar-refractivity contribution in [3.8, 4) is 0 Å². The number of anilines is 1. The first kappa shape index (κ1) is 21.9. The molecule has 2 amide bonds. The molecule has 0 bridgehead atoms. The van der Waals surface area contributed by atoms with Crippen LogP contribution < -0.4 is 16.2 Å². The van der Waals surface area contributed by atoms with E-state index in [1.165, 1.54) is 24.3 Å². The van der Waals surface area contributed by atoms with E-state index in [-0.39, 0.29) is 17.8 Å². The molecular formula is C15H23N3O8. The highest BCUT2D eigenvalue weighted by molar-refractivity contribution is 5.98. The zero-order valence-electron chi connectivity index (χ0n) is 13.8. The number of rotatable bonds is 9. The molecule has 11 heteroatoms. The quantitative estimate of drug-likeness (QED) is 0.121. The average Bonchev–Trinajstić information content (AvgIpc) is 2.68. The fourth-order valence-electron chi connectivity index (χ4n) is 2.17. The summed E-state index contributed by atoms with van der Waals surface area (Å²) >= 11 is 0. The largest absolute Gasteiger partial charge is 0.395 e. The Kier molecular flexibility index (Phi) is 8.54. The number of hydrazine groups is 1. The highest BCUT2D eigenvalue weighted by atomic mass is 16.4. The van der Waals surface area contributed by atoms with Crippen molar-refractivity contribution in [3.05, 3.63) is 29.8 Å². The van der Waals surface area contributed by atoms with Crippen molar-refractivity contribution in [2.45, 2.75) is 24.4 Å². The summed E-state index contributed by atoms with van der Waals surface area (Å²) in [6.07, 6.45) is -7.93. The number of aliphatic hydroxyl groups is 6. The van der Waals surface area contributed by atoms with Gasteiger partial charge in [0.2, 0.25) is 0 Å². The van der Waals surface area contributed by atoms with Gasteiger partial charge >= 0.3 is 0 Å². The smallest absolute Gasteiger partial charge is 0.265 e. The molecule has 1 aromatic rings. The number of amides is 2. The van der Waals surface area contributed by atoms with Gasteiger partial charge in [0.15, 0.2) is 6.10 Å². The van der Waals surface area contributed by atoms with E-state index >= 15 is 0 Å². The van der Waals surface area contributed by atoms with Crippen molar-refractivity contribution < 1.29 is 40.2 Å². The Morgan fingerprint density at radius 1 is 1.04 bits per heavy atom. The second kappa shape index (κ2) is 10.1. The number of carbonyl (C=O) groups excluding carboxylic acids is 2. The van der Waals surface area contributed by atoms with Gasteiger partial charge in [0.25, 0.3) is 11.8 Å². The third-order valence-electron chi connectivity index (χ3n) is 3.67. The topological polar surface area (TPSA) is 197 Å². The number of nitrogens with two attached hydrogens (primary N) is 1. The molecule has 0 radical (unpaired) electrons. The molecule has 0 heterocycles. The molecule has 1 rings (SSSR count). The second-order valence-corrected chi connectivity index (χ2v) is 5.41. The molecule has 0 fully saturated rings. The van der Waals surface area contributed by atoms with Gasteiger partial charge in [0, 0.05) is 17.8 Å². The Bertz CT molecular complexity index is 597. The van der Waals surface area contributed by atoms with Gasteiger partial charge in [-0.3, -0.25) is 15.0 Å². The minimum Gasteiger partial charge on any atom is -0.395 e. The Morgan fingerprint density at radius 2 is 1.62 bits per heavy atom. The van der Waals surface area contributed by atoms with Crippen molar-refractivity contribution in [3.63, 3.8) is 0 Å². The number of carbonyl (C=O) groups is 2. The predicted molar refractivity (Wildman–Crippen MR) is 88.6 cm³/mol. The van der Waals surface area contributed by atoms with Crippen molar-refractivity contribution in [1.29, 1.82) is 0 Å². The van der Waals surface area contributed by atoms with Gasteiger partial charge < -0.3 is 35.5 Å². The maximum absolute atomic E-state index is 12.4. The van der Waals surface area contributed by atoms with Crippen LogP contribution in [0.2, 0.25) is 0 Å². The first-order chi connectivity index (χ1) is 12.3. The van der Waals surface area contributed by atoms with Crippen LogP contribution in [-0.4, -0.2) is 86.6 Å². The lowest BCUT2D eigenvalue weighted by Gasteiger charge is -2.29. The molecule has 0 unspecified atom stereocenters. The predicted octanol–water partition coefficient (Wildman–Crippen LogP) is -3.95. The maximum atomic E-state index is 12.4. The Labute approximate surface area is 148 Å². The lowest BCUT2D eigenvalue weighted by molar-refractivity contribution is -0.146. The minimum atomic E-state index is -2.13. The monoisotopic (exact) mass is 373 g/mol. The summed E-state index contributed by atoms with van der Waals surface area (Å²) in [5.41, 5.74) is 2.33. The van der Waals surface area contributed by atoms with Crippen LogP contribution in [0.1, 0.15) is 10.4 Å². The molecule has 0 spiro atoms. The van der Waals surface area contributed by atoms with Gasteiger partial charge in [-0.05, 0) is 24.3 Å². The van der Waals surface area contributed by atoms with E-state index in [1.54, 1.807) is 0 Å². The van der Waals surface area contributed by atoms with Gasteiger partial charge in [-0.2, -0.15) is 0 Å². The molecule has 11 nitrogen and oxygen atoms in total. The fourth-order valence-corrected chi connectivity index (χ4v) is 2.17. The third-order valence-corrected chi connectivity index (χ3v) is 3.67. The minimum absolute atomic E-state index is 0.195. The fraction of sp³-hybridized carbons (Fsp3) is 0.467. The molecular weight excluding hydrogens is 350 g/mol. The van der Waals surface area contributed by atoms with Crippen LogP contribution in [0.3, 0.4) is 0 Å². The highest BCUT2D eigenvalue weighted by Crippen LogP contribution is 2.18. The second-order valence-electron chi connectivity index (χ2n) is 5.41. The van der Waals surface area contributed by atoms with Crippen LogP contribution in [-0.2, 0) is 4.79 Å². The summed E-state index contributed by atoms with van der Waals surface area (Å²) in [4.78, 5) is 24.8. The number of nitrogens with one attached hydrogen (secondary N) is 1. The van der Waals surface area contributed by atoms with Gasteiger partial charge in [0.05, 0.1) is 13.2 Å². The average molecular weight is 373 g/mol. The van der Waals surface area contributed by atoms with E-state index in [2.05, 4.69) is 0 Å². The first-order valence-electron chi connectivity index (χ1n) is 7.64. The number of benzene rings is 1. The molecule has 9 N–H and O–H groups in total. The van der Waals surface area contributed by atoms with E-state index in [9.17, 15) is 30.0 Å². The van der Waals surface area contributed by atoms with E-state index in [0.717, 1.165) is 4.90 Å². The summed E-state index contributed by atoms with van der Waals surface area (Å²) in [5, 5.41) is 56.6. The molecule has 26 heavy (non-hydrogen) atoms. The zero-order chi connectivity index (χ0) is 19.9. The summed E-state index contributed by atoms with van der Waals surface area (Å²) < 4.78 is 0. The number of nitrogens with zero attached hydrogens (tertiary/aromatic N) is 1.